The lowest BCUT2D eigenvalue weighted by Crippen LogP contribution is -2.44. The Morgan fingerprint density at radius 3 is 2.81 bits per heavy atom. The number of rotatable bonds is 2. The predicted molar refractivity (Wildman–Crippen MR) is 82.0 cm³/mol. The van der Waals surface area contributed by atoms with Crippen molar-refractivity contribution in [2.24, 2.45) is 0 Å². The lowest BCUT2D eigenvalue weighted by Gasteiger charge is -2.27. The van der Waals surface area contributed by atoms with Gasteiger partial charge in [-0.3, -0.25) is 0 Å². The second-order valence-corrected chi connectivity index (χ2v) is 5.07. The monoisotopic (exact) mass is 279 g/mol. The molecule has 0 unspecified atom stereocenters. The zero-order chi connectivity index (χ0) is 14.7. The van der Waals surface area contributed by atoms with Gasteiger partial charge in [-0.25, -0.2) is 9.97 Å². The summed E-state index contributed by atoms with van der Waals surface area (Å²) < 4.78 is 0. The second-order valence-electron chi connectivity index (χ2n) is 5.07. The van der Waals surface area contributed by atoms with Crippen molar-refractivity contribution in [1.29, 1.82) is 5.26 Å². The highest BCUT2D eigenvalue weighted by Gasteiger charge is 2.14. The maximum Gasteiger partial charge on any atom is 0.225 e. The van der Waals surface area contributed by atoms with Crippen LogP contribution in [0, 0.1) is 18.3 Å². The third-order valence-electron chi connectivity index (χ3n) is 3.77. The molecule has 1 aromatic carbocycles. The normalized spacial score (nSPS) is 14.8. The van der Waals surface area contributed by atoms with Crippen LogP contribution in [-0.2, 0) is 0 Å². The largest absolute Gasteiger partial charge is 0.338 e. The highest BCUT2D eigenvalue weighted by Crippen LogP contribution is 2.24. The van der Waals surface area contributed by atoms with E-state index in [2.05, 4.69) is 26.3 Å². The summed E-state index contributed by atoms with van der Waals surface area (Å²) in [7, 11) is 0. The topological polar surface area (TPSA) is 64.8 Å². The highest BCUT2D eigenvalue weighted by molar-refractivity contribution is 5.67. The van der Waals surface area contributed by atoms with Crippen LogP contribution in [0.15, 0.2) is 30.5 Å². The molecule has 0 radical (unpaired) electrons. The average molecular weight is 279 g/mol. The molecule has 1 aliphatic rings. The summed E-state index contributed by atoms with van der Waals surface area (Å²) in [6, 6.07) is 9.85. The minimum atomic E-state index is 0.690. The smallest absolute Gasteiger partial charge is 0.225 e. The van der Waals surface area contributed by atoms with Gasteiger partial charge in [0, 0.05) is 37.9 Å². The third kappa shape index (κ3) is 2.71. The minimum absolute atomic E-state index is 0.690. The van der Waals surface area contributed by atoms with Crippen molar-refractivity contribution in [2.75, 3.05) is 31.1 Å². The molecular weight excluding hydrogens is 262 g/mol. The van der Waals surface area contributed by atoms with Gasteiger partial charge < -0.3 is 10.2 Å². The van der Waals surface area contributed by atoms with Crippen molar-refractivity contribution in [3.8, 4) is 17.3 Å². The van der Waals surface area contributed by atoms with Crippen LogP contribution in [0.25, 0.3) is 11.3 Å². The zero-order valence-electron chi connectivity index (χ0n) is 12.0. The summed E-state index contributed by atoms with van der Waals surface area (Å²) in [5.41, 5.74) is 3.51. The Labute approximate surface area is 124 Å². The van der Waals surface area contributed by atoms with Crippen molar-refractivity contribution in [3.05, 3.63) is 41.6 Å². The Morgan fingerprint density at radius 1 is 1.24 bits per heavy atom. The molecule has 5 heteroatoms. The van der Waals surface area contributed by atoms with Gasteiger partial charge in [-0.05, 0) is 24.6 Å². The number of hydrogen-bond acceptors (Lipinski definition) is 5. The van der Waals surface area contributed by atoms with Gasteiger partial charge in [-0.15, -0.1) is 0 Å². The molecule has 0 atom stereocenters. The van der Waals surface area contributed by atoms with Gasteiger partial charge in [0.2, 0.25) is 5.95 Å². The van der Waals surface area contributed by atoms with E-state index in [0.29, 0.717) is 5.56 Å². The van der Waals surface area contributed by atoms with Gasteiger partial charge in [-0.2, -0.15) is 5.26 Å². The Morgan fingerprint density at radius 2 is 2.05 bits per heavy atom. The zero-order valence-corrected chi connectivity index (χ0v) is 12.0. The number of hydrogen-bond donors (Lipinski definition) is 1. The molecule has 1 fully saturated rings. The molecule has 5 nitrogen and oxygen atoms in total. The van der Waals surface area contributed by atoms with Gasteiger partial charge in [0.05, 0.1) is 17.3 Å². The average Bonchev–Trinajstić information content (AvgIpc) is 2.56. The molecule has 21 heavy (non-hydrogen) atoms. The number of benzene rings is 1. The predicted octanol–water partition coefficient (Wildman–Crippen LogP) is 1.73. The first kappa shape index (κ1) is 13.5. The van der Waals surface area contributed by atoms with Crippen molar-refractivity contribution >= 4 is 5.95 Å². The molecule has 0 bridgehead atoms. The van der Waals surface area contributed by atoms with Crippen LogP contribution >= 0.6 is 0 Å². The first-order valence-electron chi connectivity index (χ1n) is 7.08. The SMILES string of the molecule is Cc1c(C#N)cccc1-c1ccnc(N2CCNCC2)n1. The lowest BCUT2D eigenvalue weighted by molar-refractivity contribution is 0.580. The first-order valence-corrected chi connectivity index (χ1v) is 7.08. The summed E-state index contributed by atoms with van der Waals surface area (Å²) in [6.07, 6.45) is 1.79. The van der Waals surface area contributed by atoms with E-state index in [9.17, 15) is 0 Å². The maximum absolute atomic E-state index is 9.15. The summed E-state index contributed by atoms with van der Waals surface area (Å²) in [5.74, 6) is 0.760. The van der Waals surface area contributed by atoms with Crippen LogP contribution in [0.2, 0.25) is 0 Å². The van der Waals surface area contributed by atoms with Crippen molar-refractivity contribution in [3.63, 3.8) is 0 Å². The quantitative estimate of drug-likeness (QED) is 0.907. The molecule has 1 aromatic heterocycles. The van der Waals surface area contributed by atoms with Crippen LogP contribution in [-0.4, -0.2) is 36.1 Å². The Balaban J connectivity index is 1.98. The van der Waals surface area contributed by atoms with Gasteiger partial charge in [-0.1, -0.05) is 12.1 Å². The van der Waals surface area contributed by atoms with Crippen molar-refractivity contribution < 1.29 is 0 Å². The molecule has 0 aliphatic carbocycles. The fourth-order valence-electron chi connectivity index (χ4n) is 2.55. The van der Waals surface area contributed by atoms with Gasteiger partial charge in [0.15, 0.2) is 0 Å². The summed E-state index contributed by atoms with van der Waals surface area (Å²) in [5, 5.41) is 12.5. The number of aromatic nitrogens is 2. The molecule has 106 valence electrons. The fraction of sp³-hybridized carbons (Fsp3) is 0.312. The number of nitriles is 1. The van der Waals surface area contributed by atoms with Crippen LogP contribution < -0.4 is 10.2 Å². The minimum Gasteiger partial charge on any atom is -0.338 e. The molecule has 1 N–H and O–H groups in total. The van der Waals surface area contributed by atoms with E-state index in [4.69, 9.17) is 5.26 Å². The Kier molecular flexibility index (Phi) is 3.80. The van der Waals surface area contributed by atoms with E-state index in [1.165, 1.54) is 0 Å². The van der Waals surface area contributed by atoms with E-state index in [-0.39, 0.29) is 0 Å². The van der Waals surface area contributed by atoms with Crippen molar-refractivity contribution in [2.45, 2.75) is 6.92 Å². The second kappa shape index (κ2) is 5.90. The van der Waals surface area contributed by atoms with Crippen molar-refractivity contribution in [1.82, 2.24) is 15.3 Å². The number of nitrogens with one attached hydrogen (secondary N) is 1. The maximum atomic E-state index is 9.15. The standard InChI is InChI=1S/C16H17N5/c1-12-13(11-17)3-2-4-14(12)15-5-6-19-16(20-15)21-9-7-18-8-10-21/h2-6,18H,7-10H2,1H3. The highest BCUT2D eigenvalue weighted by atomic mass is 15.3. The molecule has 2 heterocycles. The van der Waals surface area contributed by atoms with E-state index in [1.807, 2.05) is 31.2 Å². The number of nitrogens with zero attached hydrogens (tertiary/aromatic N) is 4. The summed E-state index contributed by atoms with van der Waals surface area (Å²) in [4.78, 5) is 11.2. The molecule has 3 rings (SSSR count). The van der Waals surface area contributed by atoms with E-state index in [1.54, 1.807) is 6.20 Å². The molecular formula is C16H17N5. The van der Waals surface area contributed by atoms with E-state index < -0.39 is 0 Å². The van der Waals surface area contributed by atoms with Crippen LogP contribution in [0.4, 0.5) is 5.95 Å². The molecule has 1 saturated heterocycles. The Hall–Kier alpha value is -2.45. The van der Waals surface area contributed by atoms with Crippen LogP contribution in [0.3, 0.4) is 0 Å². The van der Waals surface area contributed by atoms with E-state index in [0.717, 1.165) is 48.9 Å². The number of anilines is 1. The van der Waals surface area contributed by atoms with Gasteiger partial charge in [0.1, 0.15) is 0 Å². The Bertz CT molecular complexity index is 683. The van der Waals surface area contributed by atoms with E-state index >= 15 is 0 Å². The molecule has 1 aliphatic heterocycles. The first-order chi connectivity index (χ1) is 10.3. The molecule has 0 spiro atoms. The fourth-order valence-corrected chi connectivity index (χ4v) is 2.55. The van der Waals surface area contributed by atoms with Crippen LogP contribution in [0.5, 0.6) is 0 Å². The van der Waals surface area contributed by atoms with Gasteiger partial charge in [0.25, 0.3) is 0 Å². The molecule has 2 aromatic rings. The molecule has 0 amide bonds. The summed E-state index contributed by atoms with van der Waals surface area (Å²) >= 11 is 0. The molecule has 0 saturated carbocycles. The summed E-state index contributed by atoms with van der Waals surface area (Å²) in [6.45, 7) is 5.70. The third-order valence-corrected chi connectivity index (χ3v) is 3.77. The van der Waals surface area contributed by atoms with Crippen LogP contribution in [0.1, 0.15) is 11.1 Å². The lowest BCUT2D eigenvalue weighted by atomic mass is 10.0. The van der Waals surface area contributed by atoms with Gasteiger partial charge >= 0.3 is 0 Å². The number of piperazine rings is 1.